The minimum Gasteiger partial charge on any atom is -0.369 e. The van der Waals surface area contributed by atoms with E-state index >= 15 is 0 Å². The third-order valence-corrected chi connectivity index (χ3v) is 4.07. The summed E-state index contributed by atoms with van der Waals surface area (Å²) in [5.41, 5.74) is 3.15. The second kappa shape index (κ2) is 9.86. The summed E-state index contributed by atoms with van der Waals surface area (Å²) in [5.74, 6) is 1.55. The number of fused-ring (bicyclic) bond motifs is 1. The summed E-state index contributed by atoms with van der Waals surface area (Å²) in [7, 11) is 0. The van der Waals surface area contributed by atoms with Crippen molar-refractivity contribution < 1.29 is 0 Å². The van der Waals surface area contributed by atoms with E-state index in [1.165, 1.54) is 5.56 Å². The van der Waals surface area contributed by atoms with Crippen LogP contribution in [-0.4, -0.2) is 21.5 Å². The Kier molecular flexibility index (Phi) is 7.53. The molecule has 4 rings (SSSR count). The van der Waals surface area contributed by atoms with Gasteiger partial charge in [-0.3, -0.25) is 4.98 Å². The molecule has 0 aliphatic carbocycles. The highest BCUT2D eigenvalue weighted by Gasteiger charge is 2.09. The maximum Gasteiger partial charge on any atom is 0.163 e. The van der Waals surface area contributed by atoms with Crippen LogP contribution >= 0.6 is 24.8 Å². The number of nitrogens with one attached hydrogen (secondary N) is 1. The van der Waals surface area contributed by atoms with Crippen LogP contribution in [0.1, 0.15) is 5.56 Å². The highest BCUT2D eigenvalue weighted by atomic mass is 35.5. The zero-order valence-electron chi connectivity index (χ0n) is 14.6. The van der Waals surface area contributed by atoms with Crippen LogP contribution in [0.25, 0.3) is 22.3 Å². The zero-order chi connectivity index (χ0) is 16.9. The fraction of sp³-hybridized carbons (Fsp3) is 0.0952. The Morgan fingerprint density at radius 3 is 2.33 bits per heavy atom. The number of anilines is 1. The Bertz CT molecular complexity index is 979. The van der Waals surface area contributed by atoms with Gasteiger partial charge in [0.05, 0.1) is 5.52 Å². The second-order valence-electron chi connectivity index (χ2n) is 5.82. The van der Waals surface area contributed by atoms with Gasteiger partial charge in [0.25, 0.3) is 0 Å². The monoisotopic (exact) mass is 398 g/mol. The number of benzene rings is 2. The molecule has 0 saturated carbocycles. The Hall–Kier alpha value is -2.69. The third kappa shape index (κ3) is 4.94. The molecule has 1 N–H and O–H groups in total. The van der Waals surface area contributed by atoms with E-state index < -0.39 is 0 Å². The van der Waals surface area contributed by atoms with Crippen LogP contribution in [0.4, 0.5) is 5.82 Å². The topological polar surface area (TPSA) is 50.7 Å². The highest BCUT2D eigenvalue weighted by Crippen LogP contribution is 2.24. The standard InChI is InChI=1S/C21H18N4.2ClH/c1-2-7-16(8-3-1)12-14-23-21-18-10-4-5-11-19(18)24-20(25-21)17-9-6-13-22-15-17;;/h1-11,13,15H,12,14H2,(H,23,24,25);2*1H. The highest BCUT2D eigenvalue weighted by molar-refractivity contribution is 5.90. The Morgan fingerprint density at radius 2 is 1.56 bits per heavy atom. The SMILES string of the molecule is Cl.Cl.c1ccc(CCNc2nc(-c3cccnc3)nc3ccccc23)cc1. The summed E-state index contributed by atoms with van der Waals surface area (Å²) in [6, 6.07) is 22.4. The minimum absolute atomic E-state index is 0. The van der Waals surface area contributed by atoms with Crippen molar-refractivity contribution in [3.63, 3.8) is 0 Å². The van der Waals surface area contributed by atoms with Gasteiger partial charge in [0.15, 0.2) is 5.82 Å². The lowest BCUT2D eigenvalue weighted by atomic mass is 10.1. The molecule has 0 fully saturated rings. The smallest absolute Gasteiger partial charge is 0.163 e. The molecular weight excluding hydrogens is 379 g/mol. The van der Waals surface area contributed by atoms with Crippen molar-refractivity contribution in [2.75, 3.05) is 11.9 Å². The first-order valence-corrected chi connectivity index (χ1v) is 8.35. The van der Waals surface area contributed by atoms with Crippen molar-refractivity contribution in [1.29, 1.82) is 0 Å². The molecular formula is C21H20Cl2N4. The molecule has 0 bridgehead atoms. The van der Waals surface area contributed by atoms with E-state index in [0.29, 0.717) is 5.82 Å². The van der Waals surface area contributed by atoms with E-state index in [9.17, 15) is 0 Å². The molecule has 6 heteroatoms. The number of nitrogens with zero attached hydrogens (tertiary/aromatic N) is 3. The number of aromatic nitrogens is 3. The molecule has 138 valence electrons. The fourth-order valence-electron chi connectivity index (χ4n) is 2.81. The molecule has 0 radical (unpaired) electrons. The number of halogens is 2. The van der Waals surface area contributed by atoms with E-state index in [1.54, 1.807) is 12.4 Å². The van der Waals surface area contributed by atoms with Crippen molar-refractivity contribution in [2.24, 2.45) is 0 Å². The number of rotatable bonds is 5. The van der Waals surface area contributed by atoms with Crippen molar-refractivity contribution >= 4 is 41.5 Å². The molecule has 2 aromatic carbocycles. The molecule has 2 heterocycles. The van der Waals surface area contributed by atoms with Crippen LogP contribution in [0, 0.1) is 0 Å². The van der Waals surface area contributed by atoms with E-state index in [-0.39, 0.29) is 24.8 Å². The molecule has 0 spiro atoms. The first kappa shape index (κ1) is 20.6. The summed E-state index contributed by atoms with van der Waals surface area (Å²) in [5, 5.41) is 4.51. The Labute approximate surface area is 170 Å². The maximum absolute atomic E-state index is 4.74. The van der Waals surface area contributed by atoms with Crippen molar-refractivity contribution in [3.8, 4) is 11.4 Å². The van der Waals surface area contributed by atoms with Gasteiger partial charge in [0, 0.05) is 29.9 Å². The average molecular weight is 399 g/mol. The third-order valence-electron chi connectivity index (χ3n) is 4.07. The number of pyridine rings is 1. The zero-order valence-corrected chi connectivity index (χ0v) is 16.2. The van der Waals surface area contributed by atoms with Crippen LogP contribution in [0.3, 0.4) is 0 Å². The van der Waals surface area contributed by atoms with Gasteiger partial charge in [-0.2, -0.15) is 0 Å². The van der Waals surface area contributed by atoms with Gasteiger partial charge < -0.3 is 5.32 Å². The molecule has 2 aromatic heterocycles. The second-order valence-corrected chi connectivity index (χ2v) is 5.82. The van der Waals surface area contributed by atoms with Crippen molar-refractivity contribution in [2.45, 2.75) is 6.42 Å². The molecule has 4 aromatic rings. The summed E-state index contributed by atoms with van der Waals surface area (Å²) in [6.45, 7) is 0.817. The molecule has 0 amide bonds. The number of hydrogen-bond acceptors (Lipinski definition) is 4. The van der Waals surface area contributed by atoms with E-state index in [1.807, 2.05) is 42.5 Å². The number of para-hydroxylation sites is 1. The van der Waals surface area contributed by atoms with Gasteiger partial charge >= 0.3 is 0 Å². The van der Waals surface area contributed by atoms with Crippen molar-refractivity contribution in [3.05, 3.63) is 84.7 Å². The Morgan fingerprint density at radius 1 is 0.778 bits per heavy atom. The molecule has 0 aliphatic rings. The maximum atomic E-state index is 4.74. The van der Waals surface area contributed by atoms with Gasteiger partial charge in [-0.05, 0) is 36.2 Å². The van der Waals surface area contributed by atoms with Crippen LogP contribution in [0.2, 0.25) is 0 Å². The molecule has 4 nitrogen and oxygen atoms in total. The lowest BCUT2D eigenvalue weighted by Crippen LogP contribution is -2.08. The van der Waals surface area contributed by atoms with E-state index in [0.717, 1.165) is 35.2 Å². The first-order chi connectivity index (χ1) is 12.4. The normalized spacial score (nSPS) is 9.93. The molecule has 0 aliphatic heterocycles. The first-order valence-electron chi connectivity index (χ1n) is 8.35. The predicted octanol–water partition coefficient (Wildman–Crippen LogP) is 5.19. The van der Waals surface area contributed by atoms with Crippen LogP contribution in [-0.2, 0) is 6.42 Å². The predicted molar refractivity (Wildman–Crippen MR) is 116 cm³/mol. The summed E-state index contributed by atoms with van der Waals surface area (Å²) < 4.78 is 0. The molecule has 0 saturated heterocycles. The van der Waals surface area contributed by atoms with Gasteiger partial charge in [-0.25, -0.2) is 9.97 Å². The molecule has 0 unspecified atom stereocenters. The largest absolute Gasteiger partial charge is 0.369 e. The summed E-state index contributed by atoms with van der Waals surface area (Å²) >= 11 is 0. The van der Waals surface area contributed by atoms with Crippen LogP contribution in [0.15, 0.2) is 79.1 Å². The minimum atomic E-state index is 0. The van der Waals surface area contributed by atoms with Gasteiger partial charge in [0.2, 0.25) is 0 Å². The lowest BCUT2D eigenvalue weighted by molar-refractivity contribution is 1.01. The summed E-state index contributed by atoms with van der Waals surface area (Å²) in [6.07, 6.45) is 4.49. The van der Waals surface area contributed by atoms with Crippen LogP contribution < -0.4 is 5.32 Å². The summed E-state index contributed by atoms with van der Waals surface area (Å²) in [4.78, 5) is 13.6. The van der Waals surface area contributed by atoms with Crippen LogP contribution in [0.5, 0.6) is 0 Å². The molecule has 0 atom stereocenters. The van der Waals surface area contributed by atoms with Crippen molar-refractivity contribution in [1.82, 2.24) is 15.0 Å². The average Bonchev–Trinajstić information content (AvgIpc) is 2.69. The Balaban J connectivity index is 0.00000131. The van der Waals surface area contributed by atoms with Gasteiger partial charge in [-0.1, -0.05) is 42.5 Å². The van der Waals surface area contributed by atoms with Gasteiger partial charge in [0.1, 0.15) is 5.82 Å². The lowest BCUT2D eigenvalue weighted by Gasteiger charge is -2.11. The fourth-order valence-corrected chi connectivity index (χ4v) is 2.81. The van der Waals surface area contributed by atoms with E-state index in [4.69, 9.17) is 4.98 Å². The quantitative estimate of drug-likeness (QED) is 0.502. The number of hydrogen-bond donors (Lipinski definition) is 1. The van der Waals surface area contributed by atoms with Gasteiger partial charge in [-0.15, -0.1) is 24.8 Å². The molecule has 27 heavy (non-hydrogen) atoms. The van der Waals surface area contributed by atoms with E-state index in [2.05, 4.69) is 39.6 Å².